The molecular weight excluding hydrogens is 328 g/mol. The molecule has 3 rings (SSSR count). The van der Waals surface area contributed by atoms with Crippen molar-refractivity contribution in [2.24, 2.45) is 4.99 Å². The minimum atomic E-state index is -0.953. The lowest BCUT2D eigenvalue weighted by atomic mass is 9.93. The first-order chi connectivity index (χ1) is 12.7. The second-order valence-electron chi connectivity index (χ2n) is 6.22. The van der Waals surface area contributed by atoms with Crippen molar-refractivity contribution in [3.8, 4) is 0 Å². The highest BCUT2D eigenvalue weighted by atomic mass is 16.4. The van der Waals surface area contributed by atoms with Crippen molar-refractivity contribution in [1.29, 1.82) is 0 Å². The Morgan fingerprint density at radius 3 is 2.58 bits per heavy atom. The number of furan rings is 1. The van der Waals surface area contributed by atoms with Gasteiger partial charge >= 0.3 is 5.97 Å². The molecule has 0 spiro atoms. The van der Waals surface area contributed by atoms with Gasteiger partial charge in [0.1, 0.15) is 0 Å². The van der Waals surface area contributed by atoms with Crippen molar-refractivity contribution in [2.75, 3.05) is 4.90 Å². The van der Waals surface area contributed by atoms with Crippen LogP contribution in [0.25, 0.3) is 0 Å². The van der Waals surface area contributed by atoms with E-state index in [-0.39, 0.29) is 5.56 Å². The molecule has 5 heteroatoms. The summed E-state index contributed by atoms with van der Waals surface area (Å²) >= 11 is 0. The molecule has 1 saturated carbocycles. The molecule has 5 nitrogen and oxygen atoms in total. The highest BCUT2D eigenvalue weighted by Crippen LogP contribution is 2.36. The number of carboxylic acids is 1. The van der Waals surface area contributed by atoms with Crippen LogP contribution < -0.4 is 4.90 Å². The molecule has 1 aliphatic carbocycles. The van der Waals surface area contributed by atoms with Crippen LogP contribution in [-0.2, 0) is 6.54 Å². The maximum absolute atomic E-state index is 11.2. The molecule has 1 aromatic carbocycles. The van der Waals surface area contributed by atoms with Crippen LogP contribution in [-0.4, -0.2) is 23.8 Å². The summed E-state index contributed by atoms with van der Waals surface area (Å²) in [6.07, 6.45) is 9.41. The van der Waals surface area contributed by atoms with Gasteiger partial charge in [-0.1, -0.05) is 33.1 Å². The van der Waals surface area contributed by atoms with Crippen molar-refractivity contribution in [3.05, 3.63) is 47.9 Å². The van der Waals surface area contributed by atoms with Crippen LogP contribution in [0.4, 0.5) is 11.4 Å². The molecule has 0 aliphatic heterocycles. The Kier molecular flexibility index (Phi) is 7.45. The van der Waals surface area contributed by atoms with Gasteiger partial charge in [-0.15, -0.1) is 0 Å². The van der Waals surface area contributed by atoms with Crippen LogP contribution in [0.1, 0.15) is 61.9 Å². The minimum Gasteiger partial charge on any atom is -0.478 e. The molecule has 1 N–H and O–H groups in total. The summed E-state index contributed by atoms with van der Waals surface area (Å²) in [6.45, 7) is 8.35. The Morgan fingerprint density at radius 1 is 1.27 bits per heavy atom. The first-order valence-electron chi connectivity index (χ1n) is 9.31. The van der Waals surface area contributed by atoms with Gasteiger partial charge in [0.05, 0.1) is 29.5 Å². The van der Waals surface area contributed by atoms with E-state index >= 15 is 0 Å². The Balaban J connectivity index is 0.00000117. The van der Waals surface area contributed by atoms with E-state index in [1.54, 1.807) is 24.7 Å². The zero-order valence-electron chi connectivity index (χ0n) is 15.6. The number of hydrogen-bond acceptors (Lipinski definition) is 4. The number of rotatable bonds is 6. The number of anilines is 1. The first-order valence-corrected chi connectivity index (χ1v) is 9.31. The van der Waals surface area contributed by atoms with E-state index in [2.05, 4.69) is 16.6 Å². The Hall–Kier alpha value is -2.56. The fourth-order valence-corrected chi connectivity index (χ4v) is 3.41. The summed E-state index contributed by atoms with van der Waals surface area (Å²) in [5.74, 6) is -0.953. The molecule has 140 valence electrons. The fourth-order valence-electron chi connectivity index (χ4n) is 3.41. The summed E-state index contributed by atoms with van der Waals surface area (Å²) in [4.78, 5) is 17.6. The second-order valence-corrected chi connectivity index (χ2v) is 6.22. The normalized spacial score (nSPS) is 14.2. The van der Waals surface area contributed by atoms with Gasteiger partial charge in [-0.3, -0.25) is 4.99 Å². The van der Waals surface area contributed by atoms with Gasteiger partial charge < -0.3 is 14.4 Å². The number of benzene rings is 1. The van der Waals surface area contributed by atoms with E-state index < -0.39 is 5.97 Å². The Labute approximate surface area is 155 Å². The predicted molar refractivity (Wildman–Crippen MR) is 106 cm³/mol. The van der Waals surface area contributed by atoms with Gasteiger partial charge in [0.25, 0.3) is 0 Å². The molecular formula is C21H28N2O3. The lowest BCUT2D eigenvalue weighted by Crippen LogP contribution is -2.36. The van der Waals surface area contributed by atoms with Gasteiger partial charge in [-0.2, -0.15) is 0 Å². The molecule has 0 atom stereocenters. The van der Waals surface area contributed by atoms with Crippen LogP contribution in [0.5, 0.6) is 0 Å². The Morgan fingerprint density at radius 2 is 2.00 bits per heavy atom. The first kappa shape index (κ1) is 19.8. The molecule has 1 fully saturated rings. The SMILES string of the molecule is C=Nc1cc(C(=O)O)ccc1N(Cc1ccoc1)C1CCCCC1.CC. The molecule has 0 amide bonds. The minimum absolute atomic E-state index is 0.230. The van der Waals surface area contributed by atoms with E-state index in [1.165, 1.54) is 19.3 Å². The van der Waals surface area contributed by atoms with Crippen molar-refractivity contribution < 1.29 is 14.3 Å². The maximum Gasteiger partial charge on any atom is 0.335 e. The monoisotopic (exact) mass is 356 g/mol. The van der Waals surface area contributed by atoms with Crippen molar-refractivity contribution >= 4 is 24.1 Å². The van der Waals surface area contributed by atoms with Crippen LogP contribution in [0, 0.1) is 0 Å². The van der Waals surface area contributed by atoms with Crippen molar-refractivity contribution in [3.63, 3.8) is 0 Å². The van der Waals surface area contributed by atoms with Crippen molar-refractivity contribution in [1.82, 2.24) is 0 Å². The largest absolute Gasteiger partial charge is 0.478 e. The van der Waals surface area contributed by atoms with Crippen LogP contribution in [0.2, 0.25) is 0 Å². The quantitative estimate of drug-likeness (QED) is 0.677. The summed E-state index contributed by atoms with van der Waals surface area (Å²) < 4.78 is 5.21. The topological polar surface area (TPSA) is 66.0 Å². The summed E-state index contributed by atoms with van der Waals surface area (Å²) in [6, 6.07) is 7.46. The molecule has 0 unspecified atom stereocenters. The molecule has 1 aromatic heterocycles. The average molecular weight is 356 g/mol. The van der Waals surface area contributed by atoms with E-state index in [9.17, 15) is 9.90 Å². The fraction of sp³-hybridized carbons (Fsp3) is 0.429. The van der Waals surface area contributed by atoms with Gasteiger partial charge in [0.15, 0.2) is 0 Å². The van der Waals surface area contributed by atoms with E-state index in [0.29, 0.717) is 11.7 Å². The smallest absolute Gasteiger partial charge is 0.335 e. The van der Waals surface area contributed by atoms with Crippen molar-refractivity contribution in [2.45, 2.75) is 58.5 Å². The third kappa shape index (κ3) is 4.75. The highest BCUT2D eigenvalue weighted by Gasteiger charge is 2.24. The number of carbonyl (C=O) groups is 1. The van der Waals surface area contributed by atoms with Gasteiger partial charge in [-0.25, -0.2) is 4.79 Å². The summed E-state index contributed by atoms with van der Waals surface area (Å²) in [5.41, 5.74) is 2.87. The van der Waals surface area contributed by atoms with Crippen LogP contribution in [0.3, 0.4) is 0 Å². The zero-order chi connectivity index (χ0) is 18.9. The second kappa shape index (κ2) is 9.80. The number of hydrogen-bond donors (Lipinski definition) is 1. The maximum atomic E-state index is 11.2. The van der Waals surface area contributed by atoms with Crippen LogP contribution in [0.15, 0.2) is 46.2 Å². The summed E-state index contributed by atoms with van der Waals surface area (Å²) in [5, 5.41) is 9.20. The average Bonchev–Trinajstić information content (AvgIpc) is 3.21. The number of carboxylic acid groups (broad SMARTS) is 1. The van der Waals surface area contributed by atoms with Gasteiger partial charge in [-0.05, 0) is 43.8 Å². The molecule has 26 heavy (non-hydrogen) atoms. The molecule has 0 saturated heterocycles. The molecule has 0 bridgehead atoms. The summed E-state index contributed by atoms with van der Waals surface area (Å²) in [7, 11) is 0. The molecule has 1 aliphatic rings. The Bertz CT molecular complexity index is 704. The molecule has 1 heterocycles. The van der Waals surface area contributed by atoms with E-state index in [0.717, 1.165) is 30.6 Å². The lowest BCUT2D eigenvalue weighted by molar-refractivity contribution is 0.0697. The molecule has 0 radical (unpaired) electrons. The van der Waals surface area contributed by atoms with E-state index in [1.807, 2.05) is 26.0 Å². The third-order valence-corrected chi connectivity index (χ3v) is 4.65. The predicted octanol–water partition coefficient (Wildman–Crippen LogP) is 5.68. The highest BCUT2D eigenvalue weighted by molar-refractivity contribution is 5.90. The number of aliphatic imine (C=N–C) groups is 1. The number of aromatic carboxylic acids is 1. The standard InChI is InChI=1S/C19H22N2O3.C2H6/c1-20-17-11-15(19(22)23)7-8-18(17)21(12-14-9-10-24-13-14)16-5-3-2-4-6-16;1-2/h7-11,13,16H,1-6,12H2,(H,22,23);1-2H3. The lowest BCUT2D eigenvalue weighted by Gasteiger charge is -2.36. The third-order valence-electron chi connectivity index (χ3n) is 4.65. The van der Waals surface area contributed by atoms with Gasteiger partial charge in [0, 0.05) is 18.2 Å². The van der Waals surface area contributed by atoms with E-state index in [4.69, 9.17) is 4.42 Å². The van der Waals surface area contributed by atoms with Crippen LogP contribution >= 0.6 is 0 Å². The zero-order valence-corrected chi connectivity index (χ0v) is 15.6. The van der Waals surface area contributed by atoms with Gasteiger partial charge in [0.2, 0.25) is 0 Å². The molecule has 2 aromatic rings. The number of nitrogens with zero attached hydrogens (tertiary/aromatic N) is 2.